The Balaban J connectivity index is 3.44. The van der Waals surface area contributed by atoms with E-state index in [1.54, 1.807) is 10.4 Å². The Hall–Kier alpha value is 1.13. The summed E-state index contributed by atoms with van der Waals surface area (Å²) in [6.45, 7) is 9.26. The first-order valence-electron chi connectivity index (χ1n) is 3.94. The van der Waals surface area contributed by atoms with Crippen molar-refractivity contribution in [2.75, 3.05) is 5.75 Å². The zero-order valence-electron chi connectivity index (χ0n) is 7.89. The molecule has 0 aliphatic heterocycles. The predicted molar refractivity (Wildman–Crippen MR) is 63.0 cm³/mol. The van der Waals surface area contributed by atoms with E-state index in [1.807, 2.05) is 10.8 Å². The molecule has 0 aliphatic carbocycles. The highest BCUT2D eigenvalue weighted by atomic mass is 33.3. The summed E-state index contributed by atoms with van der Waals surface area (Å²) in [7, 11) is 6.40. The van der Waals surface area contributed by atoms with Crippen molar-refractivity contribution in [3.8, 4) is 0 Å². The van der Waals surface area contributed by atoms with E-state index in [9.17, 15) is 0 Å². The Morgan fingerprint density at radius 2 is 1.91 bits per heavy atom. The van der Waals surface area contributed by atoms with Gasteiger partial charge in [-0.15, -0.1) is 0 Å². The van der Waals surface area contributed by atoms with E-state index in [1.165, 1.54) is 12.2 Å². The third-order valence-corrected chi connectivity index (χ3v) is 4.26. The molecule has 0 fully saturated rings. The third kappa shape index (κ3) is 9.04. The van der Waals surface area contributed by atoms with Crippen molar-refractivity contribution >= 4 is 29.6 Å². The summed E-state index contributed by atoms with van der Waals surface area (Å²) in [5, 5.41) is 0. The second kappa shape index (κ2) is 5.72. The molecule has 2 atom stereocenters. The molecule has 0 nitrogen and oxygen atoms in total. The molecular weight excluding hydrogens is 191 g/mol. The highest BCUT2D eigenvalue weighted by molar-refractivity contribution is 8.94. The Morgan fingerprint density at radius 1 is 1.36 bits per heavy atom. The minimum Gasteiger partial charge on any atom is -0.0898 e. The van der Waals surface area contributed by atoms with Gasteiger partial charge in [-0.1, -0.05) is 57.3 Å². The van der Waals surface area contributed by atoms with Gasteiger partial charge in [-0.2, -0.15) is 0 Å². The number of hydrogen-bond acceptors (Lipinski definition) is 2. The van der Waals surface area contributed by atoms with Crippen LogP contribution < -0.4 is 0 Å². The van der Waals surface area contributed by atoms with Crippen LogP contribution in [-0.4, -0.2) is 5.75 Å². The lowest BCUT2D eigenvalue weighted by molar-refractivity contribution is 0.323. The lowest BCUT2D eigenvalue weighted by Gasteiger charge is -2.22. The molecule has 0 saturated carbocycles. The van der Waals surface area contributed by atoms with Crippen molar-refractivity contribution in [2.45, 2.75) is 34.1 Å². The van der Waals surface area contributed by atoms with Gasteiger partial charge in [-0.05, 0) is 17.8 Å². The van der Waals surface area contributed by atoms with Crippen molar-refractivity contribution < 1.29 is 0 Å². The predicted octanol–water partition coefficient (Wildman–Crippen LogP) is 4.23. The van der Waals surface area contributed by atoms with Crippen LogP contribution in [0, 0.1) is 11.3 Å². The molecule has 0 radical (unpaired) electrons. The largest absolute Gasteiger partial charge is 0.0898 e. The molecule has 2 unspecified atom stereocenters. The second-order valence-electron chi connectivity index (χ2n) is 4.25. The Bertz CT molecular complexity index is 98.8. The SMILES string of the molecule is CC(CSSP)CC(C)(C)C. The molecule has 0 bridgehead atoms. The van der Waals surface area contributed by atoms with Gasteiger partial charge in [0.1, 0.15) is 0 Å². The molecule has 0 heterocycles. The molecule has 11 heavy (non-hydrogen) atoms. The van der Waals surface area contributed by atoms with E-state index in [0.29, 0.717) is 5.41 Å². The molecule has 3 heteroatoms. The minimum absolute atomic E-state index is 0.492. The van der Waals surface area contributed by atoms with Gasteiger partial charge >= 0.3 is 0 Å². The van der Waals surface area contributed by atoms with Gasteiger partial charge in [0.25, 0.3) is 0 Å². The van der Waals surface area contributed by atoms with Crippen LogP contribution in [0.3, 0.4) is 0 Å². The molecule has 0 aliphatic rings. The summed E-state index contributed by atoms with van der Waals surface area (Å²) in [4.78, 5) is 0. The molecule has 0 N–H and O–H groups in total. The molecule has 68 valence electrons. The smallest absolute Gasteiger partial charge is 0.00659 e. The van der Waals surface area contributed by atoms with Crippen LogP contribution in [0.25, 0.3) is 0 Å². The molecule has 0 spiro atoms. The number of hydrogen-bond donors (Lipinski definition) is 0. The Morgan fingerprint density at radius 3 is 2.27 bits per heavy atom. The minimum atomic E-state index is 0.492. The van der Waals surface area contributed by atoms with Crippen LogP contribution in [0.5, 0.6) is 0 Å². The summed E-state index contributed by atoms with van der Waals surface area (Å²) in [5.74, 6) is 2.11. The van der Waals surface area contributed by atoms with Gasteiger partial charge in [0.15, 0.2) is 0 Å². The van der Waals surface area contributed by atoms with Crippen molar-refractivity contribution in [1.29, 1.82) is 0 Å². The fourth-order valence-electron chi connectivity index (χ4n) is 1.26. The van der Waals surface area contributed by atoms with Crippen molar-refractivity contribution in [2.24, 2.45) is 11.3 Å². The highest BCUT2D eigenvalue weighted by Gasteiger charge is 2.14. The second-order valence-corrected chi connectivity index (χ2v) is 8.03. The van der Waals surface area contributed by atoms with Gasteiger partial charge in [0, 0.05) is 5.75 Å². The van der Waals surface area contributed by atoms with E-state index >= 15 is 0 Å². The Labute approximate surface area is 81.0 Å². The van der Waals surface area contributed by atoms with E-state index in [0.717, 1.165) is 5.92 Å². The molecule has 0 aromatic carbocycles. The van der Waals surface area contributed by atoms with Crippen LogP contribution in [0.4, 0.5) is 0 Å². The summed E-state index contributed by atoms with van der Waals surface area (Å²) >= 11 is 0. The first-order chi connectivity index (χ1) is 4.95. The van der Waals surface area contributed by atoms with E-state index in [-0.39, 0.29) is 0 Å². The first-order valence-corrected chi connectivity index (χ1v) is 7.73. The maximum atomic E-state index is 2.68. The molecular formula is C8H19PS2. The topological polar surface area (TPSA) is 0 Å². The van der Waals surface area contributed by atoms with Gasteiger partial charge in [0.2, 0.25) is 0 Å². The summed E-state index contributed by atoms with van der Waals surface area (Å²) in [5.41, 5.74) is 0.492. The summed E-state index contributed by atoms with van der Waals surface area (Å²) < 4.78 is 0. The molecule has 0 saturated heterocycles. The first kappa shape index (κ1) is 12.1. The van der Waals surface area contributed by atoms with Crippen molar-refractivity contribution in [3.63, 3.8) is 0 Å². The average molecular weight is 210 g/mol. The van der Waals surface area contributed by atoms with Crippen LogP contribution in [0.1, 0.15) is 34.1 Å². The van der Waals surface area contributed by atoms with Crippen molar-refractivity contribution in [1.82, 2.24) is 0 Å². The molecule has 0 aromatic heterocycles. The van der Waals surface area contributed by atoms with Crippen molar-refractivity contribution in [3.05, 3.63) is 0 Å². The normalized spacial score (nSPS) is 15.0. The fourth-order valence-corrected chi connectivity index (χ4v) is 3.33. The molecule has 0 rings (SSSR count). The van der Waals surface area contributed by atoms with E-state index in [4.69, 9.17) is 0 Å². The maximum Gasteiger partial charge on any atom is 0.00659 e. The lowest BCUT2D eigenvalue weighted by Crippen LogP contribution is -2.12. The summed E-state index contributed by atoms with van der Waals surface area (Å²) in [6.07, 6.45) is 1.32. The summed E-state index contributed by atoms with van der Waals surface area (Å²) in [6, 6.07) is 0. The monoisotopic (exact) mass is 210 g/mol. The van der Waals surface area contributed by atoms with Crippen LogP contribution in [0.15, 0.2) is 0 Å². The van der Waals surface area contributed by atoms with Gasteiger partial charge in [-0.3, -0.25) is 0 Å². The molecule has 0 amide bonds. The van der Waals surface area contributed by atoms with E-state index in [2.05, 4.69) is 36.1 Å². The van der Waals surface area contributed by atoms with Gasteiger partial charge in [-0.25, -0.2) is 0 Å². The highest BCUT2D eigenvalue weighted by Crippen LogP contribution is 2.33. The number of rotatable bonds is 4. The lowest BCUT2D eigenvalue weighted by atomic mass is 9.86. The third-order valence-electron chi connectivity index (χ3n) is 1.38. The quantitative estimate of drug-likeness (QED) is 0.503. The zero-order chi connectivity index (χ0) is 8.91. The van der Waals surface area contributed by atoms with Gasteiger partial charge < -0.3 is 0 Å². The van der Waals surface area contributed by atoms with Crippen LogP contribution in [-0.2, 0) is 0 Å². The van der Waals surface area contributed by atoms with Gasteiger partial charge in [0.05, 0.1) is 0 Å². The van der Waals surface area contributed by atoms with Crippen LogP contribution in [0.2, 0.25) is 0 Å². The molecule has 0 aromatic rings. The maximum absolute atomic E-state index is 2.68. The van der Waals surface area contributed by atoms with E-state index < -0.39 is 0 Å². The fraction of sp³-hybridized carbons (Fsp3) is 1.00. The average Bonchev–Trinajstić information content (AvgIpc) is 1.79. The van der Waals surface area contributed by atoms with Crippen LogP contribution >= 0.6 is 29.6 Å². The Kier molecular flexibility index (Phi) is 6.31. The standard InChI is InChI=1S/C8H19PS2/c1-7(6-10-11-9)5-8(2,3)4/h7H,5-6,9H2,1-4H3. The zero-order valence-corrected chi connectivity index (χ0v) is 10.7.